The van der Waals surface area contributed by atoms with Gasteiger partial charge in [0.2, 0.25) is 0 Å². The Balaban J connectivity index is 2.23. The molecule has 0 spiro atoms. The Kier molecular flexibility index (Phi) is 4.15. The van der Waals surface area contributed by atoms with Gasteiger partial charge in [0.15, 0.2) is 5.13 Å². The average Bonchev–Trinajstić information content (AvgIpc) is 2.75. The number of anilines is 2. The Labute approximate surface area is 121 Å². The molecular weight excluding hydrogens is 340 g/mol. The van der Waals surface area contributed by atoms with E-state index < -0.39 is 0 Å². The summed E-state index contributed by atoms with van der Waals surface area (Å²) < 4.78 is 0.834. The molecule has 2 rings (SSSR count). The van der Waals surface area contributed by atoms with Gasteiger partial charge < -0.3 is 5.32 Å². The number of nitrogens with one attached hydrogen (secondary N) is 2. The van der Waals surface area contributed by atoms with Crippen LogP contribution in [0.4, 0.5) is 10.9 Å². The molecule has 0 bridgehead atoms. The molecule has 2 heterocycles. The van der Waals surface area contributed by atoms with Gasteiger partial charge in [-0.2, -0.15) is 0 Å². The minimum Gasteiger partial charge on any atom is -0.373 e. The molecule has 0 radical (unpaired) electrons. The first-order valence-corrected chi connectivity index (χ1v) is 6.86. The lowest BCUT2D eigenvalue weighted by Gasteiger charge is -2.05. The zero-order valence-electron chi connectivity index (χ0n) is 9.20. The van der Waals surface area contributed by atoms with Gasteiger partial charge in [0.1, 0.15) is 11.5 Å². The van der Waals surface area contributed by atoms with E-state index in [-0.39, 0.29) is 11.6 Å². The van der Waals surface area contributed by atoms with Crippen molar-refractivity contribution >= 4 is 55.7 Å². The Hall–Kier alpha value is -1.18. The van der Waals surface area contributed by atoms with Crippen molar-refractivity contribution in [2.24, 2.45) is 0 Å². The Morgan fingerprint density at radius 1 is 1.50 bits per heavy atom. The van der Waals surface area contributed by atoms with Crippen LogP contribution >= 0.6 is 38.9 Å². The number of pyridine rings is 1. The molecule has 0 saturated carbocycles. The van der Waals surface area contributed by atoms with Gasteiger partial charge >= 0.3 is 0 Å². The highest BCUT2D eigenvalue weighted by atomic mass is 79.9. The van der Waals surface area contributed by atoms with Crippen molar-refractivity contribution in [2.45, 2.75) is 0 Å². The van der Waals surface area contributed by atoms with Gasteiger partial charge in [0, 0.05) is 7.05 Å². The van der Waals surface area contributed by atoms with Crippen LogP contribution in [0.5, 0.6) is 0 Å². The number of nitrogens with zero attached hydrogens (tertiary/aromatic N) is 2. The molecule has 0 unspecified atom stereocenters. The molecule has 18 heavy (non-hydrogen) atoms. The molecular formula is C10H8BrClN4OS. The van der Waals surface area contributed by atoms with E-state index in [0.29, 0.717) is 16.0 Å². The molecule has 0 fully saturated rings. The SMILES string of the molecule is CNc1ccc(Cl)c(C(=O)Nc2ncc(Br)s2)n1. The smallest absolute Gasteiger partial charge is 0.277 e. The Morgan fingerprint density at radius 3 is 2.89 bits per heavy atom. The van der Waals surface area contributed by atoms with E-state index in [9.17, 15) is 4.79 Å². The van der Waals surface area contributed by atoms with E-state index in [2.05, 4.69) is 36.5 Å². The monoisotopic (exact) mass is 346 g/mol. The lowest BCUT2D eigenvalue weighted by atomic mass is 10.3. The van der Waals surface area contributed by atoms with E-state index in [0.717, 1.165) is 3.79 Å². The maximum atomic E-state index is 12.0. The highest BCUT2D eigenvalue weighted by molar-refractivity contribution is 9.11. The van der Waals surface area contributed by atoms with Gasteiger partial charge in [0.25, 0.3) is 5.91 Å². The summed E-state index contributed by atoms with van der Waals surface area (Å²) in [5, 5.41) is 6.26. The van der Waals surface area contributed by atoms with Crippen molar-refractivity contribution in [3.05, 3.63) is 32.8 Å². The zero-order valence-corrected chi connectivity index (χ0v) is 12.4. The summed E-state index contributed by atoms with van der Waals surface area (Å²) in [7, 11) is 1.72. The number of hydrogen-bond acceptors (Lipinski definition) is 5. The topological polar surface area (TPSA) is 66.9 Å². The van der Waals surface area contributed by atoms with Crippen molar-refractivity contribution in [1.29, 1.82) is 0 Å². The second-order valence-corrected chi connectivity index (χ2v) is 6.02. The molecule has 0 aliphatic rings. The minimum atomic E-state index is -0.390. The Morgan fingerprint density at radius 2 is 2.28 bits per heavy atom. The molecule has 5 nitrogen and oxygen atoms in total. The molecule has 0 aromatic carbocycles. The van der Waals surface area contributed by atoms with Crippen molar-refractivity contribution in [3.8, 4) is 0 Å². The maximum Gasteiger partial charge on any atom is 0.277 e. The molecule has 0 aliphatic heterocycles. The molecule has 0 saturated heterocycles. The molecule has 2 aromatic rings. The number of carbonyl (C=O) groups is 1. The summed E-state index contributed by atoms with van der Waals surface area (Å²) >= 11 is 10.5. The fourth-order valence-electron chi connectivity index (χ4n) is 1.21. The normalized spacial score (nSPS) is 10.2. The number of hydrogen-bond donors (Lipinski definition) is 2. The van der Waals surface area contributed by atoms with E-state index in [1.54, 1.807) is 25.4 Å². The van der Waals surface area contributed by atoms with Gasteiger partial charge in [-0.1, -0.05) is 22.9 Å². The third-order valence-corrected chi connectivity index (χ3v) is 3.71. The van der Waals surface area contributed by atoms with Crippen LogP contribution in [0.15, 0.2) is 22.1 Å². The molecule has 0 aliphatic carbocycles. The van der Waals surface area contributed by atoms with Crippen LogP contribution in [0.3, 0.4) is 0 Å². The van der Waals surface area contributed by atoms with Crippen molar-refractivity contribution in [2.75, 3.05) is 17.7 Å². The minimum absolute atomic E-state index is 0.162. The summed E-state index contributed by atoms with van der Waals surface area (Å²) in [6.07, 6.45) is 1.61. The fourth-order valence-corrected chi connectivity index (χ4v) is 2.50. The van der Waals surface area contributed by atoms with Crippen LogP contribution in [0.25, 0.3) is 0 Å². The Bertz CT molecular complexity index is 589. The number of thiazole rings is 1. The quantitative estimate of drug-likeness (QED) is 0.894. The van der Waals surface area contributed by atoms with Crippen LogP contribution in [0.2, 0.25) is 5.02 Å². The second-order valence-electron chi connectivity index (χ2n) is 3.20. The number of aromatic nitrogens is 2. The number of amides is 1. The number of rotatable bonds is 3. The molecule has 8 heteroatoms. The van der Waals surface area contributed by atoms with Crippen molar-refractivity contribution < 1.29 is 4.79 Å². The van der Waals surface area contributed by atoms with Crippen LogP contribution in [0, 0.1) is 0 Å². The number of halogens is 2. The summed E-state index contributed by atoms with van der Waals surface area (Å²) in [5.74, 6) is 0.184. The van der Waals surface area contributed by atoms with Crippen LogP contribution in [0.1, 0.15) is 10.5 Å². The van der Waals surface area contributed by atoms with Crippen molar-refractivity contribution in [1.82, 2.24) is 9.97 Å². The predicted molar refractivity (Wildman–Crippen MR) is 76.6 cm³/mol. The number of carbonyl (C=O) groups excluding carboxylic acids is 1. The summed E-state index contributed by atoms with van der Waals surface area (Å²) in [6, 6.07) is 3.31. The standard InChI is InChI=1S/C10H8BrClN4OS/c1-13-7-3-2-5(12)8(15-7)9(17)16-10-14-4-6(11)18-10/h2-4H,1H3,(H,13,15)(H,14,16,17). The molecule has 2 aromatic heterocycles. The van der Waals surface area contributed by atoms with Gasteiger partial charge in [0.05, 0.1) is 15.0 Å². The zero-order chi connectivity index (χ0) is 13.1. The van der Waals surface area contributed by atoms with Gasteiger partial charge in [-0.15, -0.1) is 0 Å². The second kappa shape index (κ2) is 5.64. The van der Waals surface area contributed by atoms with E-state index in [1.165, 1.54) is 11.3 Å². The fraction of sp³-hybridized carbons (Fsp3) is 0.100. The first kappa shape index (κ1) is 13.3. The first-order chi connectivity index (χ1) is 8.60. The lowest BCUT2D eigenvalue weighted by Crippen LogP contribution is -2.14. The highest BCUT2D eigenvalue weighted by Gasteiger charge is 2.14. The van der Waals surface area contributed by atoms with Gasteiger partial charge in [-0.25, -0.2) is 9.97 Å². The van der Waals surface area contributed by atoms with Crippen LogP contribution in [-0.4, -0.2) is 22.9 Å². The molecule has 2 N–H and O–H groups in total. The lowest BCUT2D eigenvalue weighted by molar-refractivity contribution is 0.102. The predicted octanol–water partition coefficient (Wildman–Crippen LogP) is 3.25. The van der Waals surface area contributed by atoms with E-state index in [4.69, 9.17) is 11.6 Å². The van der Waals surface area contributed by atoms with E-state index >= 15 is 0 Å². The maximum absolute atomic E-state index is 12.0. The molecule has 0 atom stereocenters. The third-order valence-electron chi connectivity index (χ3n) is 2.02. The molecule has 94 valence electrons. The largest absolute Gasteiger partial charge is 0.373 e. The summed E-state index contributed by atoms with van der Waals surface area (Å²) in [4.78, 5) is 20.1. The van der Waals surface area contributed by atoms with Gasteiger partial charge in [-0.05, 0) is 28.1 Å². The molecule has 1 amide bonds. The van der Waals surface area contributed by atoms with E-state index in [1.807, 2.05) is 0 Å². The van der Waals surface area contributed by atoms with Crippen LogP contribution in [-0.2, 0) is 0 Å². The first-order valence-electron chi connectivity index (χ1n) is 4.87. The third kappa shape index (κ3) is 2.98. The summed E-state index contributed by atoms with van der Waals surface area (Å²) in [6.45, 7) is 0. The highest BCUT2D eigenvalue weighted by Crippen LogP contribution is 2.24. The van der Waals surface area contributed by atoms with Crippen LogP contribution < -0.4 is 10.6 Å². The van der Waals surface area contributed by atoms with Gasteiger partial charge in [-0.3, -0.25) is 10.1 Å². The average molecular weight is 348 g/mol. The van der Waals surface area contributed by atoms with Crippen molar-refractivity contribution in [3.63, 3.8) is 0 Å². The summed E-state index contributed by atoms with van der Waals surface area (Å²) in [5.41, 5.74) is 0.162.